The van der Waals surface area contributed by atoms with Gasteiger partial charge in [-0.25, -0.2) is 18.2 Å². The first-order valence-corrected chi connectivity index (χ1v) is 9.80. The first-order chi connectivity index (χ1) is 12.8. The molecule has 0 saturated carbocycles. The molecule has 1 heterocycles. The summed E-state index contributed by atoms with van der Waals surface area (Å²) in [5.74, 6) is -0.501. The molecule has 8 nitrogen and oxygen atoms in total. The van der Waals surface area contributed by atoms with E-state index in [-0.39, 0.29) is 16.1 Å². The molecule has 140 valence electrons. The highest BCUT2D eigenvalue weighted by Gasteiger charge is 2.17. The maximum absolute atomic E-state index is 12.7. The molecule has 0 atom stereocenters. The zero-order chi connectivity index (χ0) is 19.6. The first-order valence-electron chi connectivity index (χ1n) is 8.25. The van der Waals surface area contributed by atoms with E-state index >= 15 is 0 Å². The van der Waals surface area contributed by atoms with Crippen LogP contribution in [0, 0.1) is 0 Å². The van der Waals surface area contributed by atoms with E-state index in [2.05, 4.69) is 10.4 Å². The van der Waals surface area contributed by atoms with Gasteiger partial charge in [-0.1, -0.05) is 25.1 Å². The summed E-state index contributed by atoms with van der Waals surface area (Å²) >= 11 is 0. The number of hydrogen-bond donors (Lipinski definition) is 2. The topological polar surface area (TPSA) is 124 Å². The summed E-state index contributed by atoms with van der Waals surface area (Å²) in [5.41, 5.74) is 0.252. The van der Waals surface area contributed by atoms with Crippen molar-refractivity contribution in [3.63, 3.8) is 0 Å². The predicted octanol–water partition coefficient (Wildman–Crippen LogP) is 1.71. The van der Waals surface area contributed by atoms with Crippen molar-refractivity contribution in [3.8, 4) is 0 Å². The second-order valence-corrected chi connectivity index (χ2v) is 7.51. The predicted molar refractivity (Wildman–Crippen MR) is 102 cm³/mol. The summed E-state index contributed by atoms with van der Waals surface area (Å²) in [6, 6.07) is 12.2. The van der Waals surface area contributed by atoms with Crippen molar-refractivity contribution in [2.24, 2.45) is 5.14 Å². The average Bonchev–Trinajstić information content (AvgIpc) is 2.64. The molecular weight excluding hydrogens is 368 g/mol. The quantitative estimate of drug-likeness (QED) is 0.691. The van der Waals surface area contributed by atoms with Crippen molar-refractivity contribution < 1.29 is 13.2 Å². The van der Waals surface area contributed by atoms with Crippen LogP contribution in [0.5, 0.6) is 0 Å². The van der Waals surface area contributed by atoms with Crippen molar-refractivity contribution in [2.75, 3.05) is 5.32 Å². The Morgan fingerprint density at radius 1 is 1.11 bits per heavy atom. The first kappa shape index (κ1) is 18.7. The second-order valence-electron chi connectivity index (χ2n) is 5.95. The number of aromatic nitrogens is 2. The molecule has 0 spiro atoms. The summed E-state index contributed by atoms with van der Waals surface area (Å²) in [7, 11) is -3.81. The number of fused-ring (bicyclic) bond motifs is 1. The molecule has 0 bridgehead atoms. The molecule has 1 aromatic heterocycles. The van der Waals surface area contributed by atoms with Crippen LogP contribution in [0.2, 0.25) is 0 Å². The molecule has 0 unspecified atom stereocenters. The Bertz CT molecular complexity index is 1170. The molecule has 0 aliphatic carbocycles. The zero-order valence-corrected chi connectivity index (χ0v) is 15.4. The minimum Gasteiger partial charge on any atom is -0.321 e. The van der Waals surface area contributed by atoms with Crippen molar-refractivity contribution >= 4 is 32.4 Å². The maximum Gasteiger partial charge on any atom is 0.276 e. The van der Waals surface area contributed by atoms with E-state index in [1.165, 1.54) is 28.9 Å². The van der Waals surface area contributed by atoms with Gasteiger partial charge >= 0.3 is 0 Å². The third kappa shape index (κ3) is 3.88. The van der Waals surface area contributed by atoms with Gasteiger partial charge in [-0.05, 0) is 36.8 Å². The van der Waals surface area contributed by atoms with Gasteiger partial charge in [0.05, 0.1) is 10.3 Å². The summed E-state index contributed by atoms with van der Waals surface area (Å²) in [6.45, 7) is 2.31. The molecule has 3 rings (SSSR count). The highest BCUT2D eigenvalue weighted by Crippen LogP contribution is 2.17. The van der Waals surface area contributed by atoms with E-state index in [4.69, 9.17) is 5.14 Å². The number of aryl methyl sites for hydroxylation is 1. The fraction of sp³-hybridized carbons (Fsp3) is 0.167. The fourth-order valence-electron chi connectivity index (χ4n) is 2.68. The van der Waals surface area contributed by atoms with E-state index in [9.17, 15) is 18.0 Å². The largest absolute Gasteiger partial charge is 0.321 e. The Balaban J connectivity index is 2.00. The zero-order valence-electron chi connectivity index (χ0n) is 14.5. The van der Waals surface area contributed by atoms with Gasteiger partial charge < -0.3 is 5.32 Å². The van der Waals surface area contributed by atoms with Gasteiger partial charge in [0, 0.05) is 17.6 Å². The number of carbonyl (C=O) groups is 1. The van der Waals surface area contributed by atoms with Gasteiger partial charge in [0.15, 0.2) is 5.69 Å². The van der Waals surface area contributed by atoms with Crippen molar-refractivity contribution in [3.05, 3.63) is 64.6 Å². The van der Waals surface area contributed by atoms with E-state index in [0.29, 0.717) is 29.4 Å². The van der Waals surface area contributed by atoms with Gasteiger partial charge in [-0.3, -0.25) is 9.59 Å². The van der Waals surface area contributed by atoms with Gasteiger partial charge in [0.1, 0.15) is 0 Å². The van der Waals surface area contributed by atoms with Gasteiger partial charge in [0.2, 0.25) is 10.0 Å². The van der Waals surface area contributed by atoms with Crippen LogP contribution in [-0.2, 0) is 16.6 Å². The van der Waals surface area contributed by atoms with Crippen LogP contribution in [0.3, 0.4) is 0 Å². The van der Waals surface area contributed by atoms with Crippen LogP contribution >= 0.6 is 0 Å². The SMILES string of the molecule is CCCn1nc(C(=O)Nc2ccc(S(N)(=O)=O)cc2)c2ccccc2c1=O. The van der Waals surface area contributed by atoms with Crippen molar-refractivity contribution in [1.82, 2.24) is 9.78 Å². The average molecular weight is 386 g/mol. The number of nitrogens with zero attached hydrogens (tertiary/aromatic N) is 2. The highest BCUT2D eigenvalue weighted by atomic mass is 32.2. The molecule has 0 saturated heterocycles. The summed E-state index contributed by atoms with van der Waals surface area (Å²) in [4.78, 5) is 25.2. The smallest absolute Gasteiger partial charge is 0.276 e. The van der Waals surface area contributed by atoms with E-state index in [0.717, 1.165) is 0 Å². The lowest BCUT2D eigenvalue weighted by Gasteiger charge is -2.11. The molecule has 0 radical (unpaired) electrons. The number of carbonyl (C=O) groups excluding carboxylic acids is 1. The standard InChI is InChI=1S/C18H18N4O4S/c1-2-11-22-18(24)15-6-4-3-5-14(15)16(21-22)17(23)20-12-7-9-13(10-8-12)27(19,25)26/h3-10H,2,11H2,1H3,(H,20,23)(H2,19,25,26). The maximum atomic E-state index is 12.7. The molecule has 3 N–H and O–H groups in total. The summed E-state index contributed by atoms with van der Waals surface area (Å²) in [5, 5.41) is 12.8. The molecule has 9 heteroatoms. The number of hydrogen-bond acceptors (Lipinski definition) is 5. The van der Waals surface area contributed by atoms with Crippen LogP contribution in [0.15, 0.2) is 58.2 Å². The molecule has 0 aliphatic heterocycles. The minimum atomic E-state index is -3.81. The molecular formula is C18H18N4O4S. The van der Waals surface area contributed by atoms with E-state index in [1.54, 1.807) is 24.3 Å². The summed E-state index contributed by atoms with van der Waals surface area (Å²) in [6.07, 6.45) is 0.696. The van der Waals surface area contributed by atoms with Gasteiger partial charge in [-0.15, -0.1) is 0 Å². The van der Waals surface area contributed by atoms with Gasteiger partial charge in [-0.2, -0.15) is 5.10 Å². The monoisotopic (exact) mass is 386 g/mol. The Morgan fingerprint density at radius 3 is 2.33 bits per heavy atom. The minimum absolute atomic E-state index is 0.0550. The van der Waals surface area contributed by atoms with Crippen LogP contribution < -0.4 is 16.0 Å². The normalized spacial score (nSPS) is 11.5. The fourth-order valence-corrected chi connectivity index (χ4v) is 3.20. The lowest BCUT2D eigenvalue weighted by Crippen LogP contribution is -2.27. The van der Waals surface area contributed by atoms with Crippen LogP contribution in [-0.4, -0.2) is 24.1 Å². The third-order valence-corrected chi connectivity index (χ3v) is 4.89. The molecule has 0 fully saturated rings. The Morgan fingerprint density at radius 2 is 1.74 bits per heavy atom. The molecule has 0 aliphatic rings. The molecule has 3 aromatic rings. The van der Waals surface area contributed by atoms with Crippen LogP contribution in [0.1, 0.15) is 23.8 Å². The van der Waals surface area contributed by atoms with Crippen molar-refractivity contribution in [2.45, 2.75) is 24.8 Å². The highest BCUT2D eigenvalue weighted by molar-refractivity contribution is 7.89. The second kappa shape index (κ2) is 7.29. The van der Waals surface area contributed by atoms with Crippen LogP contribution in [0.25, 0.3) is 10.8 Å². The number of sulfonamides is 1. The van der Waals surface area contributed by atoms with Crippen LogP contribution in [0.4, 0.5) is 5.69 Å². The molecule has 27 heavy (non-hydrogen) atoms. The number of rotatable bonds is 5. The molecule has 1 amide bonds. The van der Waals surface area contributed by atoms with E-state index in [1.807, 2.05) is 6.92 Å². The lowest BCUT2D eigenvalue weighted by atomic mass is 10.1. The Hall–Kier alpha value is -3.04. The Labute approximate surface area is 155 Å². The lowest BCUT2D eigenvalue weighted by molar-refractivity contribution is 0.102. The number of nitrogens with two attached hydrogens (primary N) is 1. The summed E-state index contributed by atoms with van der Waals surface area (Å²) < 4.78 is 23.9. The Kier molecular flexibility index (Phi) is 5.06. The molecule has 2 aromatic carbocycles. The number of amides is 1. The number of benzene rings is 2. The third-order valence-electron chi connectivity index (χ3n) is 3.96. The number of anilines is 1. The van der Waals surface area contributed by atoms with Gasteiger partial charge in [0.25, 0.3) is 11.5 Å². The van der Waals surface area contributed by atoms with Crippen molar-refractivity contribution in [1.29, 1.82) is 0 Å². The number of nitrogens with one attached hydrogen (secondary N) is 1. The van der Waals surface area contributed by atoms with E-state index < -0.39 is 15.9 Å². The number of primary sulfonamides is 1.